The highest BCUT2D eigenvalue weighted by atomic mass is 16.5. The molecule has 4 nitrogen and oxygen atoms in total. The Labute approximate surface area is 132 Å². The number of piperidine rings is 1. The number of carbonyl (C=O) groups is 2. The van der Waals surface area contributed by atoms with Crippen LogP contribution in [0.15, 0.2) is 24.3 Å². The molecule has 4 heteroatoms. The molecule has 0 unspecified atom stereocenters. The first-order chi connectivity index (χ1) is 10.6. The predicted octanol–water partition coefficient (Wildman–Crippen LogP) is 2.85. The van der Waals surface area contributed by atoms with E-state index in [0.717, 1.165) is 30.6 Å². The Bertz CT molecular complexity index is 502. The van der Waals surface area contributed by atoms with Crippen LogP contribution in [0.3, 0.4) is 0 Å². The SMILES string of the molecule is CCOc1ccc(CCC(=O)N2CCC(C(C)=O)CC2)cc1. The van der Waals surface area contributed by atoms with Crippen LogP contribution < -0.4 is 4.74 Å². The Morgan fingerprint density at radius 1 is 1.18 bits per heavy atom. The molecular formula is C18H25NO3. The van der Waals surface area contributed by atoms with E-state index in [1.165, 1.54) is 0 Å². The largest absolute Gasteiger partial charge is 0.494 e. The van der Waals surface area contributed by atoms with Gasteiger partial charge in [0.15, 0.2) is 0 Å². The molecule has 1 fully saturated rings. The average molecular weight is 303 g/mol. The molecule has 2 rings (SSSR count). The van der Waals surface area contributed by atoms with Gasteiger partial charge < -0.3 is 9.64 Å². The fraction of sp³-hybridized carbons (Fsp3) is 0.556. The van der Waals surface area contributed by atoms with Gasteiger partial charge in [-0.3, -0.25) is 9.59 Å². The van der Waals surface area contributed by atoms with Crippen LogP contribution in [-0.2, 0) is 16.0 Å². The van der Waals surface area contributed by atoms with Crippen LogP contribution >= 0.6 is 0 Å². The lowest BCUT2D eigenvalue weighted by molar-refractivity contribution is -0.134. The van der Waals surface area contributed by atoms with Gasteiger partial charge in [0.25, 0.3) is 0 Å². The Morgan fingerprint density at radius 2 is 1.82 bits per heavy atom. The molecule has 0 N–H and O–H groups in total. The third-order valence-corrected chi connectivity index (χ3v) is 4.28. The summed E-state index contributed by atoms with van der Waals surface area (Å²) < 4.78 is 5.41. The predicted molar refractivity (Wildman–Crippen MR) is 85.9 cm³/mol. The summed E-state index contributed by atoms with van der Waals surface area (Å²) >= 11 is 0. The molecule has 0 atom stereocenters. The van der Waals surface area contributed by atoms with E-state index < -0.39 is 0 Å². The smallest absolute Gasteiger partial charge is 0.222 e. The Kier molecular flexibility index (Phi) is 5.99. The van der Waals surface area contributed by atoms with Gasteiger partial charge in [-0.15, -0.1) is 0 Å². The molecule has 120 valence electrons. The molecule has 0 saturated carbocycles. The zero-order chi connectivity index (χ0) is 15.9. The van der Waals surface area contributed by atoms with Gasteiger partial charge in [-0.1, -0.05) is 12.1 Å². The minimum atomic E-state index is 0.148. The van der Waals surface area contributed by atoms with Crippen LogP contribution in [0.2, 0.25) is 0 Å². The van der Waals surface area contributed by atoms with Crippen molar-refractivity contribution in [1.29, 1.82) is 0 Å². The Hall–Kier alpha value is -1.84. The summed E-state index contributed by atoms with van der Waals surface area (Å²) in [5, 5.41) is 0. The van der Waals surface area contributed by atoms with E-state index in [4.69, 9.17) is 4.74 Å². The first-order valence-corrected chi connectivity index (χ1v) is 8.10. The van der Waals surface area contributed by atoms with Gasteiger partial charge in [-0.2, -0.15) is 0 Å². The lowest BCUT2D eigenvalue weighted by Crippen LogP contribution is -2.40. The van der Waals surface area contributed by atoms with Crippen molar-refractivity contribution in [3.63, 3.8) is 0 Å². The van der Waals surface area contributed by atoms with Crippen LogP contribution in [0.4, 0.5) is 0 Å². The average Bonchev–Trinajstić information content (AvgIpc) is 2.54. The van der Waals surface area contributed by atoms with Crippen LogP contribution in [0.5, 0.6) is 5.75 Å². The van der Waals surface area contributed by atoms with E-state index in [9.17, 15) is 9.59 Å². The van der Waals surface area contributed by atoms with Crippen molar-refractivity contribution in [2.75, 3.05) is 19.7 Å². The van der Waals surface area contributed by atoms with E-state index in [-0.39, 0.29) is 17.6 Å². The summed E-state index contributed by atoms with van der Waals surface area (Å²) in [4.78, 5) is 25.5. The number of likely N-dealkylation sites (tertiary alicyclic amines) is 1. The van der Waals surface area contributed by atoms with Crippen LogP contribution in [-0.4, -0.2) is 36.3 Å². The molecule has 1 saturated heterocycles. The molecule has 0 bridgehead atoms. The van der Waals surface area contributed by atoms with Crippen molar-refractivity contribution in [3.05, 3.63) is 29.8 Å². The van der Waals surface area contributed by atoms with Gasteiger partial charge in [0.2, 0.25) is 5.91 Å². The second-order valence-electron chi connectivity index (χ2n) is 5.84. The van der Waals surface area contributed by atoms with Crippen LogP contribution in [0, 0.1) is 5.92 Å². The second kappa shape index (κ2) is 7.97. The number of nitrogens with zero attached hydrogens (tertiary/aromatic N) is 1. The molecule has 1 heterocycles. The van der Waals surface area contributed by atoms with Gasteiger partial charge in [-0.05, 0) is 50.8 Å². The number of rotatable bonds is 6. The van der Waals surface area contributed by atoms with Crippen molar-refractivity contribution in [2.45, 2.75) is 39.5 Å². The van der Waals surface area contributed by atoms with Crippen LogP contribution in [0.1, 0.15) is 38.7 Å². The molecule has 1 aliphatic rings. The van der Waals surface area contributed by atoms with Crippen LogP contribution in [0.25, 0.3) is 0 Å². The van der Waals surface area contributed by atoms with E-state index >= 15 is 0 Å². The molecule has 1 aromatic carbocycles. The van der Waals surface area contributed by atoms with Crippen molar-refractivity contribution >= 4 is 11.7 Å². The number of hydrogen-bond acceptors (Lipinski definition) is 3. The highest BCUT2D eigenvalue weighted by Crippen LogP contribution is 2.19. The number of hydrogen-bond donors (Lipinski definition) is 0. The van der Waals surface area contributed by atoms with Crippen molar-refractivity contribution in [2.24, 2.45) is 5.92 Å². The summed E-state index contributed by atoms with van der Waals surface area (Å²) in [5.41, 5.74) is 1.15. The maximum absolute atomic E-state index is 12.2. The van der Waals surface area contributed by atoms with E-state index in [1.807, 2.05) is 36.1 Å². The quantitative estimate of drug-likeness (QED) is 0.812. The molecule has 0 aromatic heterocycles. The molecule has 22 heavy (non-hydrogen) atoms. The molecule has 0 spiro atoms. The van der Waals surface area contributed by atoms with Gasteiger partial charge in [0, 0.05) is 25.4 Å². The maximum Gasteiger partial charge on any atom is 0.222 e. The van der Waals surface area contributed by atoms with Gasteiger partial charge in [-0.25, -0.2) is 0 Å². The Morgan fingerprint density at radius 3 is 2.36 bits per heavy atom. The van der Waals surface area contributed by atoms with Gasteiger partial charge in [0.1, 0.15) is 11.5 Å². The number of ketones is 1. The number of aryl methyl sites for hydroxylation is 1. The van der Waals surface area contributed by atoms with Crippen molar-refractivity contribution in [3.8, 4) is 5.75 Å². The topological polar surface area (TPSA) is 46.6 Å². The number of carbonyl (C=O) groups excluding carboxylic acids is 2. The molecule has 0 radical (unpaired) electrons. The van der Waals surface area contributed by atoms with E-state index in [2.05, 4.69) is 0 Å². The zero-order valence-corrected chi connectivity index (χ0v) is 13.5. The summed E-state index contributed by atoms with van der Waals surface area (Å²) in [6, 6.07) is 7.92. The summed E-state index contributed by atoms with van der Waals surface area (Å²) in [7, 11) is 0. The molecule has 0 aliphatic carbocycles. The molecular weight excluding hydrogens is 278 g/mol. The first kappa shape index (κ1) is 16.5. The lowest BCUT2D eigenvalue weighted by atomic mass is 9.93. The minimum absolute atomic E-state index is 0.148. The second-order valence-corrected chi connectivity index (χ2v) is 5.84. The van der Waals surface area contributed by atoms with Crippen molar-refractivity contribution in [1.82, 2.24) is 4.90 Å². The summed E-state index contributed by atoms with van der Waals surface area (Å²) in [6.07, 6.45) is 2.89. The van der Waals surface area contributed by atoms with Gasteiger partial charge >= 0.3 is 0 Å². The number of Topliss-reactive ketones (excluding diaryl/α,β-unsaturated/α-hetero) is 1. The first-order valence-electron chi connectivity index (χ1n) is 8.10. The lowest BCUT2D eigenvalue weighted by Gasteiger charge is -2.31. The maximum atomic E-state index is 12.2. The number of benzene rings is 1. The molecule has 1 aromatic rings. The molecule has 1 aliphatic heterocycles. The summed E-state index contributed by atoms with van der Waals surface area (Å²) in [6.45, 7) is 5.70. The fourth-order valence-corrected chi connectivity index (χ4v) is 2.86. The molecule has 1 amide bonds. The zero-order valence-electron chi connectivity index (χ0n) is 13.5. The van der Waals surface area contributed by atoms with E-state index in [1.54, 1.807) is 6.92 Å². The monoisotopic (exact) mass is 303 g/mol. The third-order valence-electron chi connectivity index (χ3n) is 4.28. The summed E-state index contributed by atoms with van der Waals surface area (Å²) in [5.74, 6) is 1.46. The van der Waals surface area contributed by atoms with Crippen molar-refractivity contribution < 1.29 is 14.3 Å². The highest BCUT2D eigenvalue weighted by Gasteiger charge is 2.24. The third kappa shape index (κ3) is 4.58. The normalized spacial score (nSPS) is 15.6. The van der Waals surface area contributed by atoms with Gasteiger partial charge in [0.05, 0.1) is 6.61 Å². The van der Waals surface area contributed by atoms with E-state index in [0.29, 0.717) is 26.1 Å². The standard InChI is InChI=1S/C18H25NO3/c1-3-22-17-7-4-15(5-8-17)6-9-18(21)19-12-10-16(11-13-19)14(2)20/h4-5,7-8,16H,3,6,9-13H2,1-2H3. The fourth-order valence-electron chi connectivity index (χ4n) is 2.86. The number of amides is 1. The minimum Gasteiger partial charge on any atom is -0.494 e. The Balaban J connectivity index is 1.77. The number of ether oxygens (including phenoxy) is 1. The highest BCUT2D eigenvalue weighted by molar-refractivity contribution is 5.79.